The molecule has 4 rings (SSSR count). The summed E-state index contributed by atoms with van der Waals surface area (Å²) in [6.45, 7) is 0. The van der Waals surface area contributed by atoms with E-state index in [1.807, 2.05) is 6.07 Å². The maximum atomic E-state index is 13.0. The summed E-state index contributed by atoms with van der Waals surface area (Å²) in [4.78, 5) is 13.7. The van der Waals surface area contributed by atoms with Crippen molar-refractivity contribution >= 4 is 27.9 Å². The van der Waals surface area contributed by atoms with Gasteiger partial charge in [-0.25, -0.2) is 0 Å². The Labute approximate surface area is 181 Å². The summed E-state index contributed by atoms with van der Waals surface area (Å²) in [5.74, 6) is 1.31. The Morgan fingerprint density at radius 3 is 2.29 bits per heavy atom. The van der Waals surface area contributed by atoms with E-state index in [4.69, 9.17) is 18.9 Å². The number of carbonyl (C=O) groups is 1. The third-order valence-corrected chi connectivity index (χ3v) is 5.47. The van der Waals surface area contributed by atoms with Crippen LogP contribution in [0.15, 0.2) is 36.7 Å². The minimum absolute atomic E-state index is 0.334. The van der Waals surface area contributed by atoms with Crippen LogP contribution >= 0.6 is 11.3 Å². The van der Waals surface area contributed by atoms with Crippen LogP contribution in [-0.4, -0.2) is 54.2 Å². The van der Waals surface area contributed by atoms with Crippen molar-refractivity contribution in [1.82, 2.24) is 19.8 Å². The molecule has 2 aromatic carbocycles. The van der Waals surface area contributed by atoms with E-state index in [1.54, 1.807) is 28.8 Å². The number of aromatic nitrogens is 4. The van der Waals surface area contributed by atoms with Crippen LogP contribution in [-0.2, 0) is 0 Å². The molecule has 10 nitrogen and oxygen atoms in total. The van der Waals surface area contributed by atoms with Crippen molar-refractivity contribution in [1.29, 1.82) is 0 Å². The number of nitrogens with one attached hydrogen (secondary N) is 1. The molecule has 0 atom stereocenters. The highest BCUT2D eigenvalue weighted by molar-refractivity contribution is 7.19. The fourth-order valence-corrected chi connectivity index (χ4v) is 3.84. The van der Waals surface area contributed by atoms with Crippen molar-refractivity contribution in [2.75, 3.05) is 33.8 Å². The Balaban J connectivity index is 1.68. The van der Waals surface area contributed by atoms with E-state index in [-0.39, 0.29) is 5.91 Å². The van der Waals surface area contributed by atoms with Crippen molar-refractivity contribution in [3.05, 3.63) is 42.2 Å². The third-order valence-electron chi connectivity index (χ3n) is 4.51. The number of hydrogen-bond donors (Lipinski definition) is 1. The van der Waals surface area contributed by atoms with Crippen molar-refractivity contribution in [2.24, 2.45) is 0 Å². The Morgan fingerprint density at radius 2 is 1.68 bits per heavy atom. The monoisotopic (exact) mass is 441 g/mol. The molecule has 2 aromatic heterocycles. The molecule has 4 aromatic rings. The van der Waals surface area contributed by atoms with Gasteiger partial charge in [-0.2, -0.15) is 9.61 Å². The predicted molar refractivity (Wildman–Crippen MR) is 115 cm³/mol. The first-order valence-corrected chi connectivity index (χ1v) is 9.86. The summed E-state index contributed by atoms with van der Waals surface area (Å²) in [7, 11) is 6.02. The van der Waals surface area contributed by atoms with Crippen LogP contribution in [0.2, 0.25) is 0 Å². The van der Waals surface area contributed by atoms with Gasteiger partial charge in [0.05, 0.1) is 34.1 Å². The summed E-state index contributed by atoms with van der Waals surface area (Å²) in [6.07, 6.45) is 1.53. The average molecular weight is 441 g/mol. The summed E-state index contributed by atoms with van der Waals surface area (Å²) in [5.41, 5.74) is 1.63. The number of anilines is 1. The molecule has 11 heteroatoms. The lowest BCUT2D eigenvalue weighted by Crippen LogP contribution is -2.13. The fourth-order valence-electron chi connectivity index (χ4n) is 3.02. The van der Waals surface area contributed by atoms with Crippen LogP contribution in [0.3, 0.4) is 0 Å². The number of fused-ring (bicyclic) bond motifs is 1. The lowest BCUT2D eigenvalue weighted by atomic mass is 10.1. The first-order chi connectivity index (χ1) is 15.1. The highest BCUT2D eigenvalue weighted by atomic mass is 32.1. The Kier molecular flexibility index (Phi) is 5.58. The van der Waals surface area contributed by atoms with Gasteiger partial charge in [0.2, 0.25) is 10.7 Å². The Hall–Kier alpha value is -3.86. The van der Waals surface area contributed by atoms with E-state index >= 15 is 0 Å². The van der Waals surface area contributed by atoms with Crippen molar-refractivity contribution in [3.8, 4) is 33.6 Å². The van der Waals surface area contributed by atoms with E-state index in [1.165, 1.54) is 46.1 Å². The number of benzene rings is 2. The lowest BCUT2D eigenvalue weighted by molar-refractivity contribution is 0.102. The first-order valence-electron chi connectivity index (χ1n) is 9.04. The van der Waals surface area contributed by atoms with Gasteiger partial charge in [-0.05, 0) is 30.3 Å². The summed E-state index contributed by atoms with van der Waals surface area (Å²) in [5, 5.41) is 15.9. The van der Waals surface area contributed by atoms with Crippen LogP contribution in [0.4, 0.5) is 5.69 Å². The van der Waals surface area contributed by atoms with Crippen LogP contribution in [0, 0.1) is 0 Å². The van der Waals surface area contributed by atoms with Crippen molar-refractivity contribution in [2.45, 2.75) is 0 Å². The normalized spacial score (nSPS) is 10.7. The Morgan fingerprint density at radius 1 is 0.968 bits per heavy atom. The van der Waals surface area contributed by atoms with Gasteiger partial charge in [-0.1, -0.05) is 11.3 Å². The minimum atomic E-state index is -0.368. The molecule has 1 amide bonds. The molecule has 0 bridgehead atoms. The summed E-state index contributed by atoms with van der Waals surface area (Å²) < 4.78 is 23.0. The van der Waals surface area contributed by atoms with Gasteiger partial charge >= 0.3 is 0 Å². The molecule has 0 aliphatic heterocycles. The first kappa shape index (κ1) is 20.4. The van der Waals surface area contributed by atoms with Crippen molar-refractivity contribution in [3.63, 3.8) is 0 Å². The molecule has 1 N–H and O–H groups in total. The molecular weight excluding hydrogens is 422 g/mol. The number of ether oxygens (including phenoxy) is 4. The SMILES string of the molecule is COc1ccc(-c2nn3cnnc3s2)cc1NC(=O)c1cc(OC)c(OC)c(OC)c1. The van der Waals surface area contributed by atoms with E-state index < -0.39 is 0 Å². The fraction of sp³-hybridized carbons (Fsp3) is 0.200. The van der Waals surface area contributed by atoms with Gasteiger partial charge in [0.25, 0.3) is 5.91 Å². The molecule has 0 aliphatic rings. The van der Waals surface area contributed by atoms with Gasteiger partial charge in [0.15, 0.2) is 11.5 Å². The topological polar surface area (TPSA) is 109 Å². The number of hydrogen-bond acceptors (Lipinski definition) is 9. The minimum Gasteiger partial charge on any atom is -0.495 e. The molecule has 0 spiro atoms. The average Bonchev–Trinajstić information content (AvgIpc) is 3.40. The van der Waals surface area contributed by atoms with Crippen LogP contribution in [0.1, 0.15) is 10.4 Å². The Bertz CT molecular complexity index is 1200. The van der Waals surface area contributed by atoms with Gasteiger partial charge in [0.1, 0.15) is 17.1 Å². The number of carbonyl (C=O) groups excluding carboxylic acids is 1. The smallest absolute Gasteiger partial charge is 0.256 e. The van der Waals surface area contributed by atoms with E-state index in [2.05, 4.69) is 20.6 Å². The molecule has 0 aliphatic carbocycles. The zero-order valence-corrected chi connectivity index (χ0v) is 18.0. The highest BCUT2D eigenvalue weighted by Crippen LogP contribution is 2.39. The van der Waals surface area contributed by atoms with Gasteiger partial charge in [-0.3, -0.25) is 4.79 Å². The summed E-state index contributed by atoms with van der Waals surface area (Å²) >= 11 is 1.39. The molecule has 0 radical (unpaired) electrons. The molecular formula is C20H19N5O5S. The zero-order valence-electron chi connectivity index (χ0n) is 17.2. The maximum absolute atomic E-state index is 13.0. The second-order valence-electron chi connectivity index (χ2n) is 6.25. The maximum Gasteiger partial charge on any atom is 0.256 e. The van der Waals surface area contributed by atoms with Crippen molar-refractivity contribution < 1.29 is 23.7 Å². The van der Waals surface area contributed by atoms with E-state index in [0.717, 1.165) is 10.6 Å². The molecule has 2 heterocycles. The molecule has 160 valence electrons. The molecule has 0 unspecified atom stereocenters. The molecule has 0 fully saturated rings. The number of amides is 1. The van der Waals surface area contributed by atoms with E-state index in [0.29, 0.717) is 39.2 Å². The van der Waals surface area contributed by atoms with Crippen LogP contribution in [0.5, 0.6) is 23.0 Å². The van der Waals surface area contributed by atoms with Crippen LogP contribution in [0.25, 0.3) is 15.5 Å². The predicted octanol–water partition coefficient (Wildman–Crippen LogP) is 3.14. The van der Waals surface area contributed by atoms with Gasteiger partial charge in [0, 0.05) is 11.1 Å². The third kappa shape index (κ3) is 3.82. The second kappa shape index (κ2) is 8.48. The molecule has 31 heavy (non-hydrogen) atoms. The quantitative estimate of drug-likeness (QED) is 0.466. The lowest BCUT2D eigenvalue weighted by Gasteiger charge is -2.15. The largest absolute Gasteiger partial charge is 0.495 e. The standard InChI is InChI=1S/C20H19N5O5S/c1-27-14-6-5-11(19-24-25-10-21-23-20(25)31-19)7-13(14)22-18(26)12-8-15(28-2)17(30-4)16(9-12)29-3/h5-10H,1-4H3,(H,22,26). The van der Waals surface area contributed by atoms with Gasteiger partial charge < -0.3 is 24.3 Å². The van der Waals surface area contributed by atoms with E-state index in [9.17, 15) is 4.79 Å². The van der Waals surface area contributed by atoms with Gasteiger partial charge in [-0.15, -0.1) is 10.2 Å². The highest BCUT2D eigenvalue weighted by Gasteiger charge is 2.19. The summed E-state index contributed by atoms with van der Waals surface area (Å²) in [6, 6.07) is 8.58. The number of rotatable bonds is 7. The van der Waals surface area contributed by atoms with Crippen LogP contribution < -0.4 is 24.3 Å². The zero-order chi connectivity index (χ0) is 22.0. The molecule has 0 saturated carbocycles. The molecule has 0 saturated heterocycles. The second-order valence-corrected chi connectivity index (χ2v) is 7.20. The number of nitrogens with zero attached hydrogens (tertiary/aromatic N) is 4. The number of methoxy groups -OCH3 is 4.